The number of unbranched alkanes of at least 4 members (excludes halogenated alkanes) is 1. The Hall–Kier alpha value is -1.36. The molecule has 0 aliphatic carbocycles. The van der Waals surface area contributed by atoms with Gasteiger partial charge in [-0.3, -0.25) is 5.32 Å². The molecule has 0 aliphatic heterocycles. The molecule has 23 heavy (non-hydrogen) atoms. The van der Waals surface area contributed by atoms with E-state index in [0.717, 1.165) is 35.4 Å². The summed E-state index contributed by atoms with van der Waals surface area (Å²) in [6.07, 6.45) is 1.20. The maximum absolute atomic E-state index is 10.7. The van der Waals surface area contributed by atoms with Crippen molar-refractivity contribution in [1.29, 1.82) is 0 Å². The summed E-state index contributed by atoms with van der Waals surface area (Å²) >= 11 is 1.59. The largest absolute Gasteiger partial charge is 0.507 e. The molecule has 2 rings (SSSR count). The van der Waals surface area contributed by atoms with Crippen LogP contribution in [0.15, 0.2) is 29.6 Å². The zero-order chi connectivity index (χ0) is 17.0. The lowest BCUT2D eigenvalue weighted by molar-refractivity contribution is 0.135. The number of benzene rings is 1. The molecular formula is C19H27NO2S. The van der Waals surface area contributed by atoms with Gasteiger partial charge in [-0.05, 0) is 47.5 Å². The number of phenols is 1. The normalized spacial score (nSPS) is 13.3. The number of aliphatic hydroxyl groups is 1. The predicted molar refractivity (Wildman–Crippen MR) is 98.0 cm³/mol. The number of rotatable bonds is 6. The van der Waals surface area contributed by atoms with Gasteiger partial charge in [-0.15, -0.1) is 11.3 Å². The first-order valence-electron chi connectivity index (χ1n) is 8.17. The molecule has 0 saturated heterocycles. The molecule has 2 aromatic rings. The van der Waals surface area contributed by atoms with E-state index in [1.165, 1.54) is 0 Å². The second kappa shape index (κ2) is 7.47. The Labute approximate surface area is 143 Å². The molecule has 0 spiro atoms. The molecule has 126 valence electrons. The van der Waals surface area contributed by atoms with Gasteiger partial charge in [0.15, 0.2) is 0 Å². The van der Waals surface area contributed by atoms with Gasteiger partial charge >= 0.3 is 0 Å². The van der Waals surface area contributed by atoms with Crippen molar-refractivity contribution in [1.82, 2.24) is 5.32 Å². The molecule has 1 aromatic carbocycles. The summed E-state index contributed by atoms with van der Waals surface area (Å²) in [5, 5.41) is 26.2. The summed E-state index contributed by atoms with van der Waals surface area (Å²) in [5.74, 6) is 0.164. The molecule has 3 nitrogen and oxygen atoms in total. The van der Waals surface area contributed by atoms with Crippen LogP contribution >= 0.6 is 11.3 Å². The molecule has 0 aliphatic rings. The predicted octanol–water partition coefficient (Wildman–Crippen LogP) is 4.80. The quantitative estimate of drug-likeness (QED) is 0.526. The van der Waals surface area contributed by atoms with E-state index in [1.807, 2.05) is 29.6 Å². The SMILES string of the molecule is CCCCNC(O)c1cc(C(C)(C)C)cc(-c2cccs2)c1O. The van der Waals surface area contributed by atoms with Crippen molar-refractivity contribution >= 4 is 11.3 Å². The van der Waals surface area contributed by atoms with Crippen LogP contribution in [0.25, 0.3) is 10.4 Å². The topological polar surface area (TPSA) is 52.5 Å². The minimum Gasteiger partial charge on any atom is -0.507 e. The summed E-state index contributed by atoms with van der Waals surface area (Å²) in [6, 6.07) is 7.91. The number of hydrogen-bond donors (Lipinski definition) is 3. The monoisotopic (exact) mass is 333 g/mol. The van der Waals surface area contributed by atoms with Crippen LogP contribution in [0, 0.1) is 0 Å². The Kier molecular flexibility index (Phi) is 5.84. The first kappa shape index (κ1) is 18.0. The first-order chi connectivity index (χ1) is 10.8. The van der Waals surface area contributed by atoms with Gasteiger partial charge in [0.25, 0.3) is 0 Å². The number of thiophene rings is 1. The molecule has 4 heteroatoms. The molecule has 0 fully saturated rings. The van der Waals surface area contributed by atoms with E-state index in [4.69, 9.17) is 0 Å². The van der Waals surface area contributed by atoms with E-state index in [0.29, 0.717) is 5.56 Å². The van der Waals surface area contributed by atoms with Gasteiger partial charge in [0, 0.05) is 16.0 Å². The van der Waals surface area contributed by atoms with Crippen molar-refractivity contribution in [3.8, 4) is 16.2 Å². The maximum Gasteiger partial charge on any atom is 0.134 e. The average Bonchev–Trinajstić information content (AvgIpc) is 3.00. The molecule has 1 heterocycles. The summed E-state index contributed by atoms with van der Waals surface area (Å²) in [6.45, 7) is 9.25. The lowest BCUT2D eigenvalue weighted by Crippen LogP contribution is -2.23. The van der Waals surface area contributed by atoms with Gasteiger partial charge in [-0.2, -0.15) is 0 Å². The average molecular weight is 333 g/mol. The van der Waals surface area contributed by atoms with Crippen LogP contribution in [-0.2, 0) is 5.41 Å². The number of aromatic hydroxyl groups is 1. The summed E-state index contributed by atoms with van der Waals surface area (Å²) < 4.78 is 0. The Morgan fingerprint density at radius 2 is 2.00 bits per heavy atom. The fourth-order valence-corrected chi connectivity index (χ4v) is 3.19. The van der Waals surface area contributed by atoms with E-state index in [-0.39, 0.29) is 11.2 Å². The van der Waals surface area contributed by atoms with Gasteiger partial charge in [0.05, 0.1) is 0 Å². The second-order valence-corrected chi connectivity index (χ2v) is 7.85. The van der Waals surface area contributed by atoms with E-state index in [1.54, 1.807) is 11.3 Å². The highest BCUT2D eigenvalue weighted by atomic mass is 32.1. The second-order valence-electron chi connectivity index (χ2n) is 6.90. The minimum atomic E-state index is -0.859. The maximum atomic E-state index is 10.7. The molecule has 0 bridgehead atoms. The van der Waals surface area contributed by atoms with Crippen molar-refractivity contribution in [3.63, 3.8) is 0 Å². The van der Waals surface area contributed by atoms with Crippen LogP contribution < -0.4 is 5.32 Å². The van der Waals surface area contributed by atoms with Crippen LogP contribution in [0.3, 0.4) is 0 Å². The van der Waals surface area contributed by atoms with Gasteiger partial charge < -0.3 is 10.2 Å². The number of aliphatic hydroxyl groups excluding tert-OH is 1. The Morgan fingerprint density at radius 3 is 2.57 bits per heavy atom. The smallest absolute Gasteiger partial charge is 0.134 e. The first-order valence-corrected chi connectivity index (χ1v) is 9.05. The van der Waals surface area contributed by atoms with Crippen LogP contribution in [0.5, 0.6) is 5.75 Å². The van der Waals surface area contributed by atoms with Crippen molar-refractivity contribution < 1.29 is 10.2 Å². The third-order valence-corrected chi connectivity index (χ3v) is 4.86. The molecule has 0 saturated carbocycles. The molecule has 3 N–H and O–H groups in total. The Balaban J connectivity index is 2.46. The van der Waals surface area contributed by atoms with Gasteiger partial charge in [-0.25, -0.2) is 0 Å². The molecule has 1 atom stereocenters. The number of phenolic OH excluding ortho intramolecular Hbond substituents is 1. The molecular weight excluding hydrogens is 306 g/mol. The highest BCUT2D eigenvalue weighted by molar-refractivity contribution is 7.13. The van der Waals surface area contributed by atoms with Crippen LogP contribution in [0.2, 0.25) is 0 Å². The standard InChI is InChI=1S/C19H27NO2S/c1-5-6-9-20-18(22)15-12-13(19(2,3)4)11-14(17(15)21)16-8-7-10-23-16/h7-8,10-12,18,20-22H,5-6,9H2,1-4H3. The van der Waals surface area contributed by atoms with Crippen molar-refractivity contribution in [2.75, 3.05) is 6.54 Å². The van der Waals surface area contributed by atoms with E-state index >= 15 is 0 Å². The lowest BCUT2D eigenvalue weighted by atomic mass is 9.84. The van der Waals surface area contributed by atoms with Gasteiger partial charge in [-0.1, -0.05) is 40.2 Å². The molecule has 0 radical (unpaired) electrons. The summed E-state index contributed by atoms with van der Waals surface area (Å²) in [4.78, 5) is 1.01. The third kappa shape index (κ3) is 4.34. The zero-order valence-electron chi connectivity index (χ0n) is 14.4. The lowest BCUT2D eigenvalue weighted by Gasteiger charge is -2.24. The van der Waals surface area contributed by atoms with Crippen LogP contribution in [-0.4, -0.2) is 16.8 Å². The van der Waals surface area contributed by atoms with Crippen molar-refractivity contribution in [2.24, 2.45) is 0 Å². The zero-order valence-corrected chi connectivity index (χ0v) is 15.2. The molecule has 1 aromatic heterocycles. The van der Waals surface area contributed by atoms with Crippen LogP contribution in [0.1, 0.15) is 57.9 Å². The van der Waals surface area contributed by atoms with Crippen LogP contribution in [0.4, 0.5) is 0 Å². The summed E-state index contributed by atoms with van der Waals surface area (Å²) in [7, 11) is 0. The Bertz CT molecular complexity index is 630. The van der Waals surface area contributed by atoms with Crippen molar-refractivity contribution in [2.45, 2.75) is 52.2 Å². The van der Waals surface area contributed by atoms with E-state index in [2.05, 4.69) is 33.0 Å². The Morgan fingerprint density at radius 1 is 1.26 bits per heavy atom. The van der Waals surface area contributed by atoms with E-state index < -0.39 is 6.23 Å². The highest BCUT2D eigenvalue weighted by Gasteiger charge is 2.22. The fourth-order valence-electron chi connectivity index (χ4n) is 2.44. The third-order valence-electron chi connectivity index (χ3n) is 3.95. The fraction of sp³-hybridized carbons (Fsp3) is 0.474. The van der Waals surface area contributed by atoms with Gasteiger partial charge in [0.1, 0.15) is 12.0 Å². The number of nitrogens with one attached hydrogen (secondary N) is 1. The molecule has 0 amide bonds. The van der Waals surface area contributed by atoms with Gasteiger partial charge in [0.2, 0.25) is 0 Å². The molecule has 1 unspecified atom stereocenters. The van der Waals surface area contributed by atoms with Crippen molar-refractivity contribution in [3.05, 3.63) is 40.8 Å². The number of hydrogen-bond acceptors (Lipinski definition) is 4. The van der Waals surface area contributed by atoms with E-state index in [9.17, 15) is 10.2 Å². The summed E-state index contributed by atoms with van der Waals surface area (Å²) in [5.41, 5.74) is 2.39. The highest BCUT2D eigenvalue weighted by Crippen LogP contribution is 2.40. The minimum absolute atomic E-state index is 0.0579.